The van der Waals surface area contributed by atoms with Crippen LogP contribution in [-0.2, 0) is 6.61 Å². The van der Waals surface area contributed by atoms with Crippen LogP contribution in [0.5, 0.6) is 11.5 Å². The lowest BCUT2D eigenvalue weighted by atomic mass is 9.96. The molecule has 0 bridgehead atoms. The zero-order chi connectivity index (χ0) is 22.0. The van der Waals surface area contributed by atoms with Crippen LogP contribution in [0.25, 0.3) is 0 Å². The second-order valence-corrected chi connectivity index (χ2v) is 8.36. The van der Waals surface area contributed by atoms with Gasteiger partial charge in [0.2, 0.25) is 6.23 Å². The molecule has 2 heterocycles. The highest BCUT2D eigenvalue weighted by molar-refractivity contribution is 6.01. The Balaban J connectivity index is 1.28. The van der Waals surface area contributed by atoms with Crippen LogP contribution in [-0.4, -0.2) is 10.7 Å². The van der Waals surface area contributed by atoms with Crippen LogP contribution in [0.1, 0.15) is 40.9 Å². The SMILES string of the molecule is c1ccc(COc2ccc(C3Oc4ccccc4C4CC(c5ccccc5)=NN43)cc2)cc1. The Morgan fingerprint density at radius 3 is 2.27 bits per heavy atom. The molecule has 0 saturated carbocycles. The number of benzene rings is 4. The number of ether oxygens (including phenoxy) is 2. The molecule has 2 unspecified atom stereocenters. The molecule has 4 aromatic carbocycles. The average Bonchev–Trinajstić information content (AvgIpc) is 3.34. The normalized spacial score (nSPS) is 18.7. The second kappa shape index (κ2) is 8.47. The van der Waals surface area contributed by atoms with Crippen molar-refractivity contribution in [3.8, 4) is 11.5 Å². The predicted octanol–water partition coefficient (Wildman–Crippen LogP) is 6.51. The Morgan fingerprint density at radius 1 is 0.788 bits per heavy atom. The lowest BCUT2D eigenvalue weighted by Crippen LogP contribution is -2.33. The first-order valence-corrected chi connectivity index (χ1v) is 11.3. The number of fused-ring (bicyclic) bond motifs is 3. The summed E-state index contributed by atoms with van der Waals surface area (Å²) < 4.78 is 12.4. The Bertz CT molecular complexity index is 1270. The van der Waals surface area contributed by atoms with Crippen molar-refractivity contribution in [1.29, 1.82) is 0 Å². The molecular formula is C29H24N2O2. The first-order valence-electron chi connectivity index (χ1n) is 11.3. The van der Waals surface area contributed by atoms with Crippen LogP contribution in [0.4, 0.5) is 0 Å². The van der Waals surface area contributed by atoms with Crippen molar-refractivity contribution < 1.29 is 9.47 Å². The summed E-state index contributed by atoms with van der Waals surface area (Å²) in [5, 5.41) is 7.14. The summed E-state index contributed by atoms with van der Waals surface area (Å²) in [6.45, 7) is 0.548. The zero-order valence-corrected chi connectivity index (χ0v) is 18.2. The van der Waals surface area contributed by atoms with Crippen molar-refractivity contribution in [2.24, 2.45) is 5.10 Å². The molecule has 0 amide bonds. The zero-order valence-electron chi connectivity index (χ0n) is 18.2. The van der Waals surface area contributed by atoms with E-state index in [-0.39, 0.29) is 12.3 Å². The molecule has 162 valence electrons. The molecule has 0 radical (unpaired) electrons. The highest BCUT2D eigenvalue weighted by Crippen LogP contribution is 2.47. The number of para-hydroxylation sites is 1. The van der Waals surface area contributed by atoms with Gasteiger partial charge in [-0.25, -0.2) is 5.01 Å². The number of hydrogen-bond donors (Lipinski definition) is 0. The summed E-state index contributed by atoms with van der Waals surface area (Å²) in [4.78, 5) is 0. The maximum Gasteiger partial charge on any atom is 0.213 e. The Hall–Kier alpha value is -4.05. The molecule has 0 aliphatic carbocycles. The molecule has 33 heavy (non-hydrogen) atoms. The lowest BCUT2D eigenvalue weighted by molar-refractivity contribution is -0.0190. The monoisotopic (exact) mass is 432 g/mol. The van der Waals surface area contributed by atoms with Gasteiger partial charge in [0.15, 0.2) is 0 Å². The van der Waals surface area contributed by atoms with E-state index in [9.17, 15) is 0 Å². The third kappa shape index (κ3) is 3.85. The number of nitrogens with zero attached hydrogens (tertiary/aromatic N) is 2. The van der Waals surface area contributed by atoms with Gasteiger partial charge in [0, 0.05) is 17.5 Å². The molecule has 0 N–H and O–H groups in total. The molecule has 4 nitrogen and oxygen atoms in total. The maximum absolute atomic E-state index is 6.46. The van der Waals surface area contributed by atoms with Gasteiger partial charge in [0.25, 0.3) is 0 Å². The van der Waals surface area contributed by atoms with Gasteiger partial charge in [-0.2, -0.15) is 5.10 Å². The Kier molecular flexibility index (Phi) is 5.04. The standard InChI is InChI=1S/C29H24N2O2/c1-3-9-21(10-4-1)20-32-24-17-15-23(16-18-24)29-31-27(25-13-7-8-14-28(25)33-29)19-26(30-31)22-11-5-2-6-12-22/h1-18,27,29H,19-20H2. The summed E-state index contributed by atoms with van der Waals surface area (Å²) in [6.07, 6.45) is 0.577. The van der Waals surface area contributed by atoms with Crippen LogP contribution in [0.15, 0.2) is 114 Å². The van der Waals surface area contributed by atoms with E-state index in [1.165, 1.54) is 5.56 Å². The molecule has 0 saturated heterocycles. The summed E-state index contributed by atoms with van der Waals surface area (Å²) >= 11 is 0. The van der Waals surface area contributed by atoms with Crippen LogP contribution < -0.4 is 9.47 Å². The highest BCUT2D eigenvalue weighted by atomic mass is 16.5. The molecule has 2 aliphatic rings. The van der Waals surface area contributed by atoms with E-state index in [0.29, 0.717) is 6.61 Å². The number of hydrogen-bond acceptors (Lipinski definition) is 4. The Labute approximate surface area is 193 Å². The van der Waals surface area contributed by atoms with Gasteiger partial charge in [-0.15, -0.1) is 0 Å². The van der Waals surface area contributed by atoms with E-state index >= 15 is 0 Å². The highest BCUT2D eigenvalue weighted by Gasteiger charge is 2.40. The Morgan fingerprint density at radius 2 is 1.48 bits per heavy atom. The van der Waals surface area contributed by atoms with E-state index in [0.717, 1.165) is 40.3 Å². The molecule has 0 aromatic heterocycles. The minimum atomic E-state index is -0.283. The van der Waals surface area contributed by atoms with Gasteiger partial charge in [0.1, 0.15) is 18.1 Å². The van der Waals surface area contributed by atoms with E-state index in [4.69, 9.17) is 14.6 Å². The summed E-state index contributed by atoms with van der Waals surface area (Å²) in [6, 6.07) is 37.2. The number of rotatable bonds is 5. The molecule has 4 heteroatoms. The minimum Gasteiger partial charge on any atom is -0.489 e. The quantitative estimate of drug-likeness (QED) is 0.361. The molecule has 2 atom stereocenters. The molecule has 6 rings (SSSR count). The van der Waals surface area contributed by atoms with Crippen molar-refractivity contribution >= 4 is 5.71 Å². The fourth-order valence-electron chi connectivity index (χ4n) is 4.53. The van der Waals surface area contributed by atoms with E-state index < -0.39 is 0 Å². The topological polar surface area (TPSA) is 34.1 Å². The van der Waals surface area contributed by atoms with Crippen molar-refractivity contribution in [3.63, 3.8) is 0 Å². The largest absolute Gasteiger partial charge is 0.489 e. The minimum absolute atomic E-state index is 0.157. The van der Waals surface area contributed by atoms with Crippen molar-refractivity contribution in [1.82, 2.24) is 5.01 Å². The third-order valence-electron chi connectivity index (χ3n) is 6.22. The van der Waals surface area contributed by atoms with Crippen LogP contribution >= 0.6 is 0 Å². The average molecular weight is 433 g/mol. The summed E-state index contributed by atoms with van der Waals surface area (Å²) in [7, 11) is 0. The van der Waals surface area contributed by atoms with Crippen molar-refractivity contribution in [2.45, 2.75) is 25.3 Å². The van der Waals surface area contributed by atoms with Gasteiger partial charge < -0.3 is 9.47 Å². The van der Waals surface area contributed by atoms with E-state index in [2.05, 4.69) is 71.7 Å². The second-order valence-electron chi connectivity index (χ2n) is 8.36. The van der Waals surface area contributed by atoms with Gasteiger partial charge >= 0.3 is 0 Å². The number of hydrazone groups is 1. The van der Waals surface area contributed by atoms with Gasteiger partial charge in [-0.3, -0.25) is 0 Å². The van der Waals surface area contributed by atoms with Crippen LogP contribution in [0.2, 0.25) is 0 Å². The first-order chi connectivity index (χ1) is 16.3. The summed E-state index contributed by atoms with van der Waals surface area (Å²) in [5.41, 5.74) is 5.64. The lowest BCUT2D eigenvalue weighted by Gasteiger charge is -2.38. The molecular weight excluding hydrogens is 408 g/mol. The smallest absolute Gasteiger partial charge is 0.213 e. The summed E-state index contributed by atoms with van der Waals surface area (Å²) in [5.74, 6) is 1.77. The fourth-order valence-corrected chi connectivity index (χ4v) is 4.53. The fraction of sp³-hybridized carbons (Fsp3) is 0.138. The van der Waals surface area contributed by atoms with E-state index in [1.807, 2.05) is 42.5 Å². The molecule has 0 fully saturated rings. The van der Waals surface area contributed by atoms with E-state index in [1.54, 1.807) is 0 Å². The third-order valence-corrected chi connectivity index (χ3v) is 6.22. The van der Waals surface area contributed by atoms with Crippen LogP contribution in [0, 0.1) is 0 Å². The predicted molar refractivity (Wildman–Crippen MR) is 129 cm³/mol. The van der Waals surface area contributed by atoms with Crippen molar-refractivity contribution in [2.75, 3.05) is 0 Å². The van der Waals surface area contributed by atoms with Gasteiger partial charge in [0.05, 0.1) is 11.8 Å². The first kappa shape index (κ1) is 19.6. The molecule has 2 aliphatic heterocycles. The molecule has 4 aromatic rings. The maximum atomic E-state index is 6.46. The van der Waals surface area contributed by atoms with Gasteiger partial charge in [-0.05, 0) is 41.5 Å². The van der Waals surface area contributed by atoms with Crippen molar-refractivity contribution in [3.05, 3.63) is 131 Å². The molecule has 0 spiro atoms. The van der Waals surface area contributed by atoms with Crippen LogP contribution in [0.3, 0.4) is 0 Å². The van der Waals surface area contributed by atoms with Gasteiger partial charge in [-0.1, -0.05) is 78.9 Å².